The van der Waals surface area contributed by atoms with E-state index in [9.17, 15) is 0 Å². The highest BCUT2D eigenvalue weighted by Gasteiger charge is 2.33. The Labute approximate surface area is 111 Å². The Bertz CT molecular complexity index is 272. The van der Waals surface area contributed by atoms with Crippen molar-refractivity contribution in [2.45, 2.75) is 70.2 Å². The van der Waals surface area contributed by atoms with Gasteiger partial charge in [0, 0.05) is 24.7 Å². The fraction of sp³-hybridized carbons (Fsp3) is 1.00. The Morgan fingerprint density at radius 3 is 2.61 bits per heavy atom. The molecular formula is C15H28N2O. The maximum Gasteiger partial charge on any atom is 0.0674 e. The summed E-state index contributed by atoms with van der Waals surface area (Å²) in [7, 11) is 0. The number of morpholine rings is 1. The SMILES string of the molecule is CC1CN(CCC2CC3CCC(C2)N3)C(C)CO1. The second kappa shape index (κ2) is 5.48. The largest absolute Gasteiger partial charge is 0.376 e. The van der Waals surface area contributed by atoms with Crippen LogP contribution in [0, 0.1) is 5.92 Å². The van der Waals surface area contributed by atoms with Gasteiger partial charge in [-0.05, 0) is 58.4 Å². The Balaban J connectivity index is 1.46. The number of hydrogen-bond acceptors (Lipinski definition) is 3. The molecule has 104 valence electrons. The van der Waals surface area contributed by atoms with Gasteiger partial charge >= 0.3 is 0 Å². The summed E-state index contributed by atoms with van der Waals surface area (Å²) in [5.74, 6) is 0.967. The third kappa shape index (κ3) is 2.89. The molecule has 3 saturated heterocycles. The lowest BCUT2D eigenvalue weighted by atomic mass is 9.89. The molecule has 0 aromatic rings. The fourth-order valence-electron chi connectivity index (χ4n) is 4.04. The maximum absolute atomic E-state index is 5.70. The van der Waals surface area contributed by atoms with Crippen molar-refractivity contribution in [1.29, 1.82) is 0 Å². The minimum Gasteiger partial charge on any atom is -0.376 e. The molecule has 18 heavy (non-hydrogen) atoms. The van der Waals surface area contributed by atoms with Gasteiger partial charge in [-0.3, -0.25) is 4.90 Å². The molecule has 3 fully saturated rings. The van der Waals surface area contributed by atoms with Gasteiger partial charge in [-0.25, -0.2) is 0 Å². The second-order valence-corrected chi connectivity index (χ2v) is 6.75. The van der Waals surface area contributed by atoms with Crippen LogP contribution >= 0.6 is 0 Å². The minimum atomic E-state index is 0.422. The van der Waals surface area contributed by atoms with Crippen molar-refractivity contribution >= 4 is 0 Å². The molecule has 0 saturated carbocycles. The van der Waals surface area contributed by atoms with Crippen molar-refractivity contribution < 1.29 is 4.74 Å². The first-order valence-corrected chi connectivity index (χ1v) is 7.82. The van der Waals surface area contributed by atoms with Gasteiger partial charge in [0.15, 0.2) is 0 Å². The first kappa shape index (κ1) is 12.9. The van der Waals surface area contributed by atoms with Crippen molar-refractivity contribution in [1.82, 2.24) is 10.2 Å². The van der Waals surface area contributed by atoms with E-state index in [1.807, 2.05) is 0 Å². The number of rotatable bonds is 3. The van der Waals surface area contributed by atoms with Crippen molar-refractivity contribution in [2.24, 2.45) is 5.92 Å². The molecule has 0 aromatic carbocycles. The second-order valence-electron chi connectivity index (χ2n) is 6.75. The number of ether oxygens (including phenoxy) is 1. The van der Waals surface area contributed by atoms with Gasteiger partial charge in [0.1, 0.15) is 0 Å². The standard InChI is InChI=1S/C15H28N2O/c1-11-10-18-12(2)9-17(11)6-5-13-7-14-3-4-15(8-13)16-14/h11-16H,3-10H2,1-2H3. The minimum absolute atomic E-state index is 0.422. The molecule has 4 unspecified atom stereocenters. The zero-order chi connectivity index (χ0) is 12.5. The van der Waals surface area contributed by atoms with Crippen LogP contribution in [0.3, 0.4) is 0 Å². The Kier molecular flexibility index (Phi) is 3.92. The van der Waals surface area contributed by atoms with Gasteiger partial charge in [-0.15, -0.1) is 0 Å². The van der Waals surface area contributed by atoms with E-state index in [0.29, 0.717) is 12.1 Å². The molecule has 3 heterocycles. The van der Waals surface area contributed by atoms with Crippen LogP contribution in [0.5, 0.6) is 0 Å². The monoisotopic (exact) mass is 252 g/mol. The zero-order valence-electron chi connectivity index (χ0n) is 11.9. The molecule has 3 aliphatic rings. The number of piperidine rings is 1. The molecule has 3 nitrogen and oxygen atoms in total. The molecule has 0 spiro atoms. The number of hydrogen-bond donors (Lipinski definition) is 1. The van der Waals surface area contributed by atoms with Crippen LogP contribution in [-0.4, -0.2) is 48.8 Å². The number of fused-ring (bicyclic) bond motifs is 2. The average Bonchev–Trinajstić information content (AvgIpc) is 2.70. The summed E-state index contributed by atoms with van der Waals surface area (Å²) in [5.41, 5.74) is 0. The van der Waals surface area contributed by atoms with E-state index in [-0.39, 0.29) is 0 Å². The van der Waals surface area contributed by atoms with Crippen molar-refractivity contribution in [3.8, 4) is 0 Å². The number of nitrogens with zero attached hydrogens (tertiary/aromatic N) is 1. The van der Waals surface area contributed by atoms with Crippen LogP contribution < -0.4 is 5.32 Å². The van der Waals surface area contributed by atoms with Crippen LogP contribution in [0.15, 0.2) is 0 Å². The predicted molar refractivity (Wildman–Crippen MR) is 73.7 cm³/mol. The van der Waals surface area contributed by atoms with Gasteiger partial charge in [0.2, 0.25) is 0 Å². The summed E-state index contributed by atoms with van der Waals surface area (Å²) in [6.07, 6.45) is 7.50. The molecule has 3 heteroatoms. The molecule has 0 aliphatic carbocycles. The zero-order valence-corrected chi connectivity index (χ0v) is 11.9. The summed E-state index contributed by atoms with van der Waals surface area (Å²) in [4.78, 5) is 2.64. The molecule has 3 aliphatic heterocycles. The number of nitrogens with one attached hydrogen (secondary N) is 1. The van der Waals surface area contributed by atoms with E-state index in [0.717, 1.165) is 31.2 Å². The van der Waals surface area contributed by atoms with Gasteiger partial charge in [-0.2, -0.15) is 0 Å². The van der Waals surface area contributed by atoms with Crippen molar-refractivity contribution in [3.05, 3.63) is 0 Å². The summed E-state index contributed by atoms with van der Waals surface area (Å²) >= 11 is 0. The van der Waals surface area contributed by atoms with Gasteiger partial charge in [0.25, 0.3) is 0 Å². The lowest BCUT2D eigenvalue weighted by Crippen LogP contribution is -2.48. The quantitative estimate of drug-likeness (QED) is 0.831. The third-order valence-electron chi connectivity index (χ3n) is 5.13. The van der Waals surface area contributed by atoms with Crippen LogP contribution in [-0.2, 0) is 4.74 Å². The van der Waals surface area contributed by atoms with Gasteiger partial charge < -0.3 is 10.1 Å². The maximum atomic E-state index is 5.70. The molecular weight excluding hydrogens is 224 g/mol. The van der Waals surface area contributed by atoms with E-state index in [2.05, 4.69) is 24.1 Å². The van der Waals surface area contributed by atoms with Gasteiger partial charge in [0.05, 0.1) is 12.7 Å². The van der Waals surface area contributed by atoms with Gasteiger partial charge in [-0.1, -0.05) is 0 Å². The van der Waals surface area contributed by atoms with Crippen LogP contribution in [0.25, 0.3) is 0 Å². The molecule has 2 bridgehead atoms. The van der Waals surface area contributed by atoms with Crippen molar-refractivity contribution in [3.63, 3.8) is 0 Å². The highest BCUT2D eigenvalue weighted by Crippen LogP contribution is 2.33. The predicted octanol–water partition coefficient (Wildman–Crippen LogP) is 2.02. The van der Waals surface area contributed by atoms with Crippen LogP contribution in [0.4, 0.5) is 0 Å². The average molecular weight is 252 g/mol. The topological polar surface area (TPSA) is 24.5 Å². The first-order valence-electron chi connectivity index (χ1n) is 7.82. The fourth-order valence-corrected chi connectivity index (χ4v) is 4.04. The Morgan fingerprint density at radius 2 is 1.89 bits per heavy atom. The summed E-state index contributed by atoms with van der Waals surface area (Å²) in [6.45, 7) is 7.82. The third-order valence-corrected chi connectivity index (χ3v) is 5.13. The van der Waals surface area contributed by atoms with E-state index < -0.39 is 0 Å². The first-order chi connectivity index (χ1) is 8.70. The highest BCUT2D eigenvalue weighted by atomic mass is 16.5. The summed E-state index contributed by atoms with van der Waals surface area (Å²) < 4.78 is 5.70. The van der Waals surface area contributed by atoms with Crippen molar-refractivity contribution in [2.75, 3.05) is 19.7 Å². The lowest BCUT2D eigenvalue weighted by Gasteiger charge is -2.38. The molecule has 0 radical (unpaired) electrons. The van der Waals surface area contributed by atoms with E-state index in [1.54, 1.807) is 0 Å². The van der Waals surface area contributed by atoms with Crippen LogP contribution in [0.2, 0.25) is 0 Å². The smallest absolute Gasteiger partial charge is 0.0674 e. The Hall–Kier alpha value is -0.120. The molecule has 3 rings (SSSR count). The molecule has 4 atom stereocenters. The highest BCUT2D eigenvalue weighted by molar-refractivity contribution is 4.92. The molecule has 0 amide bonds. The van der Waals surface area contributed by atoms with Crippen LogP contribution in [0.1, 0.15) is 46.0 Å². The van der Waals surface area contributed by atoms with E-state index >= 15 is 0 Å². The summed E-state index contributed by atoms with van der Waals surface area (Å²) in [6, 6.07) is 2.30. The molecule has 1 N–H and O–H groups in total. The molecule has 0 aromatic heterocycles. The van der Waals surface area contributed by atoms with E-state index in [4.69, 9.17) is 4.74 Å². The summed E-state index contributed by atoms with van der Waals surface area (Å²) in [5, 5.41) is 3.74. The van der Waals surface area contributed by atoms with E-state index in [1.165, 1.54) is 38.6 Å². The lowest BCUT2D eigenvalue weighted by molar-refractivity contribution is -0.0512. The Morgan fingerprint density at radius 1 is 1.17 bits per heavy atom. The normalized spacial score (nSPS) is 45.3.